The molecule has 1 aliphatic heterocycles. The number of ketones is 1. The molecule has 106 valence electrons. The van der Waals surface area contributed by atoms with Gasteiger partial charge in [0, 0.05) is 32.0 Å². The van der Waals surface area contributed by atoms with Crippen molar-refractivity contribution in [2.75, 3.05) is 20.2 Å². The Morgan fingerprint density at radius 2 is 2.00 bits per heavy atom. The molecule has 7 nitrogen and oxygen atoms in total. The lowest BCUT2D eigenvalue weighted by atomic mass is 10.1. The normalized spacial score (nSPS) is 15.1. The van der Waals surface area contributed by atoms with Gasteiger partial charge in [-0.15, -0.1) is 0 Å². The van der Waals surface area contributed by atoms with Gasteiger partial charge in [0.15, 0.2) is 0 Å². The van der Waals surface area contributed by atoms with E-state index in [1.807, 2.05) is 0 Å². The molecule has 2 rings (SSSR count). The third-order valence-electron chi connectivity index (χ3n) is 3.23. The summed E-state index contributed by atoms with van der Waals surface area (Å²) in [5.41, 5.74) is -0.0949. The zero-order chi connectivity index (χ0) is 14.7. The Kier molecular flexibility index (Phi) is 3.97. The Morgan fingerprint density at radius 3 is 2.55 bits per heavy atom. The van der Waals surface area contributed by atoms with Crippen molar-refractivity contribution in [2.24, 2.45) is 0 Å². The molecule has 1 aromatic carbocycles. The number of benzene rings is 1. The first kappa shape index (κ1) is 14.0. The van der Waals surface area contributed by atoms with Gasteiger partial charge in [-0.1, -0.05) is 6.07 Å². The first-order valence-corrected chi connectivity index (χ1v) is 6.17. The maximum atomic E-state index is 12.4. The van der Waals surface area contributed by atoms with Gasteiger partial charge < -0.3 is 9.64 Å². The minimum atomic E-state index is -0.588. The predicted molar refractivity (Wildman–Crippen MR) is 69.8 cm³/mol. The number of Topliss-reactive ketones (excluding diaryl/α,β-unsaturated/α-hetero) is 1. The lowest BCUT2D eigenvalue weighted by molar-refractivity contribution is -0.385. The highest BCUT2D eigenvalue weighted by Gasteiger charge is 2.27. The fraction of sp³-hybridized carbons (Fsp3) is 0.385. The quantitative estimate of drug-likeness (QED) is 0.616. The van der Waals surface area contributed by atoms with Crippen molar-refractivity contribution >= 4 is 17.4 Å². The molecule has 1 saturated heterocycles. The number of ether oxygens (including phenoxy) is 1. The summed E-state index contributed by atoms with van der Waals surface area (Å²) in [5, 5.41) is 10.9. The number of methoxy groups -OCH3 is 1. The summed E-state index contributed by atoms with van der Waals surface area (Å²) in [6, 6.07) is 4.23. The lowest BCUT2D eigenvalue weighted by Crippen LogP contribution is -2.38. The molecule has 1 heterocycles. The van der Waals surface area contributed by atoms with E-state index in [9.17, 15) is 19.7 Å². The van der Waals surface area contributed by atoms with Crippen LogP contribution in [0.15, 0.2) is 18.2 Å². The van der Waals surface area contributed by atoms with Crippen molar-refractivity contribution in [1.29, 1.82) is 0 Å². The van der Waals surface area contributed by atoms with Gasteiger partial charge in [-0.3, -0.25) is 19.7 Å². The van der Waals surface area contributed by atoms with Crippen LogP contribution in [0, 0.1) is 10.1 Å². The molecule has 1 aliphatic rings. The van der Waals surface area contributed by atoms with Gasteiger partial charge in [-0.2, -0.15) is 0 Å². The molecular formula is C13H14N2O5. The van der Waals surface area contributed by atoms with Gasteiger partial charge >= 0.3 is 5.69 Å². The van der Waals surface area contributed by atoms with Gasteiger partial charge in [0.1, 0.15) is 5.78 Å². The minimum absolute atomic E-state index is 0.0422. The number of likely N-dealkylation sites (tertiary alicyclic amines) is 1. The molecule has 0 bridgehead atoms. The molecule has 0 atom stereocenters. The summed E-state index contributed by atoms with van der Waals surface area (Å²) in [6.45, 7) is 0.674. The van der Waals surface area contributed by atoms with Crippen LogP contribution in [-0.4, -0.2) is 41.7 Å². The number of para-hydroxylation sites is 1. The number of carbonyl (C=O) groups excluding carboxylic acids is 2. The SMILES string of the molecule is COc1c(C(=O)N2CCC(=O)CC2)cccc1[N+](=O)[O-]. The summed E-state index contributed by atoms with van der Waals surface area (Å²) < 4.78 is 5.01. The standard InChI is InChI=1S/C13H14N2O5/c1-20-12-10(3-2-4-11(12)15(18)19)13(17)14-7-5-9(16)6-8-14/h2-4H,5-8H2,1H3. The molecule has 1 amide bonds. The van der Waals surface area contributed by atoms with Crippen LogP contribution >= 0.6 is 0 Å². The predicted octanol–water partition coefficient (Wildman–Crippen LogP) is 1.41. The topological polar surface area (TPSA) is 89.8 Å². The number of hydrogen-bond donors (Lipinski definition) is 0. The summed E-state index contributed by atoms with van der Waals surface area (Å²) in [5.74, 6) is -0.266. The first-order valence-electron chi connectivity index (χ1n) is 6.17. The highest BCUT2D eigenvalue weighted by atomic mass is 16.6. The molecule has 7 heteroatoms. The third kappa shape index (κ3) is 2.61. The molecule has 1 fully saturated rings. The van der Waals surface area contributed by atoms with Crippen molar-refractivity contribution in [3.8, 4) is 5.75 Å². The number of carbonyl (C=O) groups is 2. The Hall–Kier alpha value is -2.44. The van der Waals surface area contributed by atoms with Crippen molar-refractivity contribution in [3.63, 3.8) is 0 Å². The fourth-order valence-corrected chi connectivity index (χ4v) is 2.18. The number of piperidine rings is 1. The smallest absolute Gasteiger partial charge is 0.311 e. The highest BCUT2D eigenvalue weighted by molar-refractivity contribution is 5.99. The molecule has 0 spiro atoms. The van der Waals surface area contributed by atoms with Crippen molar-refractivity contribution < 1.29 is 19.2 Å². The average Bonchev–Trinajstić information content (AvgIpc) is 2.46. The molecule has 0 saturated carbocycles. The maximum absolute atomic E-state index is 12.4. The molecule has 0 aromatic heterocycles. The van der Waals surface area contributed by atoms with E-state index in [2.05, 4.69) is 0 Å². The van der Waals surface area contributed by atoms with E-state index in [-0.39, 0.29) is 28.7 Å². The van der Waals surface area contributed by atoms with E-state index in [4.69, 9.17) is 4.74 Å². The van der Waals surface area contributed by atoms with Crippen LogP contribution in [0.2, 0.25) is 0 Å². The number of nitro benzene ring substituents is 1. The number of amides is 1. The van der Waals surface area contributed by atoms with Crippen LogP contribution in [0.1, 0.15) is 23.2 Å². The molecule has 0 aliphatic carbocycles. The molecule has 0 unspecified atom stereocenters. The van der Waals surface area contributed by atoms with E-state index >= 15 is 0 Å². The van der Waals surface area contributed by atoms with Crippen LogP contribution in [0.25, 0.3) is 0 Å². The first-order chi connectivity index (χ1) is 9.54. The minimum Gasteiger partial charge on any atom is -0.490 e. The van der Waals surface area contributed by atoms with Gasteiger partial charge in [0.25, 0.3) is 5.91 Å². The second-order valence-corrected chi connectivity index (χ2v) is 4.45. The zero-order valence-corrected chi connectivity index (χ0v) is 11.0. The summed E-state index contributed by atoms with van der Waals surface area (Å²) in [6.07, 6.45) is 0.645. The Morgan fingerprint density at radius 1 is 1.35 bits per heavy atom. The summed E-state index contributed by atoms with van der Waals surface area (Å²) >= 11 is 0. The average molecular weight is 278 g/mol. The van der Waals surface area contributed by atoms with Crippen LogP contribution in [0.3, 0.4) is 0 Å². The van der Waals surface area contributed by atoms with Gasteiger partial charge in [-0.25, -0.2) is 0 Å². The van der Waals surface area contributed by atoms with E-state index in [0.717, 1.165) is 0 Å². The lowest BCUT2D eigenvalue weighted by Gasteiger charge is -2.26. The van der Waals surface area contributed by atoms with E-state index < -0.39 is 4.92 Å². The number of hydrogen-bond acceptors (Lipinski definition) is 5. The molecule has 0 radical (unpaired) electrons. The second kappa shape index (κ2) is 5.68. The van der Waals surface area contributed by atoms with Gasteiger partial charge in [0.05, 0.1) is 17.6 Å². The Bertz CT molecular complexity index is 560. The number of nitro groups is 1. The molecule has 0 N–H and O–H groups in total. The van der Waals surface area contributed by atoms with Crippen LogP contribution in [-0.2, 0) is 4.79 Å². The largest absolute Gasteiger partial charge is 0.490 e. The molecular weight excluding hydrogens is 264 g/mol. The highest BCUT2D eigenvalue weighted by Crippen LogP contribution is 2.31. The van der Waals surface area contributed by atoms with Gasteiger partial charge in [0.2, 0.25) is 5.75 Å². The Balaban J connectivity index is 2.32. The van der Waals surface area contributed by atoms with E-state index in [1.54, 1.807) is 0 Å². The second-order valence-electron chi connectivity index (χ2n) is 4.45. The Labute approximate surface area is 115 Å². The summed E-state index contributed by atoms with van der Waals surface area (Å²) in [4.78, 5) is 35.4. The maximum Gasteiger partial charge on any atom is 0.311 e. The monoisotopic (exact) mass is 278 g/mol. The van der Waals surface area contributed by atoms with Crippen molar-refractivity contribution in [2.45, 2.75) is 12.8 Å². The molecule has 1 aromatic rings. The fourth-order valence-electron chi connectivity index (χ4n) is 2.18. The van der Waals surface area contributed by atoms with Crippen LogP contribution in [0.5, 0.6) is 5.75 Å². The number of nitrogens with zero attached hydrogens (tertiary/aromatic N) is 2. The number of rotatable bonds is 3. The third-order valence-corrected chi connectivity index (χ3v) is 3.23. The zero-order valence-electron chi connectivity index (χ0n) is 11.0. The van der Waals surface area contributed by atoms with Crippen LogP contribution < -0.4 is 4.74 Å². The van der Waals surface area contributed by atoms with E-state index in [1.165, 1.54) is 30.2 Å². The molecule has 20 heavy (non-hydrogen) atoms. The van der Waals surface area contributed by atoms with Gasteiger partial charge in [-0.05, 0) is 6.07 Å². The van der Waals surface area contributed by atoms with Crippen molar-refractivity contribution in [1.82, 2.24) is 4.90 Å². The van der Waals surface area contributed by atoms with Crippen LogP contribution in [0.4, 0.5) is 5.69 Å². The van der Waals surface area contributed by atoms with E-state index in [0.29, 0.717) is 25.9 Å². The summed E-state index contributed by atoms with van der Waals surface area (Å²) in [7, 11) is 1.29. The van der Waals surface area contributed by atoms with Crippen molar-refractivity contribution in [3.05, 3.63) is 33.9 Å².